The minimum atomic E-state index is -0.445. The molecule has 71 heavy (non-hydrogen) atoms. The molecule has 3 aliphatic rings. The highest BCUT2D eigenvalue weighted by Gasteiger charge is 2.40. The Bertz CT molecular complexity index is 4270. The zero-order valence-corrected chi connectivity index (χ0v) is 38.7. The Balaban J connectivity index is 0.988. The van der Waals surface area contributed by atoms with Crippen LogP contribution in [0.25, 0.3) is 77.1 Å². The lowest BCUT2D eigenvalue weighted by molar-refractivity contribution is 0.297. The maximum absolute atomic E-state index is 5.78. The average molecular weight is 913 g/mol. The predicted molar refractivity (Wildman–Crippen MR) is 292 cm³/mol. The molecular weight excluding hydrogens is 869 g/mol. The Hall–Kier alpha value is -9.27. The van der Waals surface area contributed by atoms with Crippen molar-refractivity contribution < 1.29 is 0 Å². The molecule has 0 spiro atoms. The number of benzene rings is 8. The molecular formula is C63H44N8. The minimum Gasteiger partial charge on any atom is -0.332 e. The molecule has 3 unspecified atom stereocenters. The third-order valence-corrected chi connectivity index (χ3v) is 15.0. The van der Waals surface area contributed by atoms with Crippen LogP contribution in [0.15, 0.2) is 241 Å². The van der Waals surface area contributed by atoms with Gasteiger partial charge in [0, 0.05) is 62.1 Å². The van der Waals surface area contributed by atoms with Crippen molar-refractivity contribution in [3.8, 4) is 11.6 Å². The second-order valence-electron chi connectivity index (χ2n) is 18.8. The molecule has 1 aliphatic carbocycles. The van der Waals surface area contributed by atoms with Crippen molar-refractivity contribution in [2.75, 3.05) is 11.9 Å². The van der Waals surface area contributed by atoms with Gasteiger partial charge in [-0.25, -0.2) is 15.0 Å². The van der Waals surface area contributed by atoms with Gasteiger partial charge in [-0.05, 0) is 54.1 Å². The van der Waals surface area contributed by atoms with E-state index in [9.17, 15) is 0 Å². The number of anilines is 2. The Morgan fingerprint density at radius 2 is 1.03 bits per heavy atom. The fourth-order valence-electron chi connectivity index (χ4n) is 12.0. The van der Waals surface area contributed by atoms with Gasteiger partial charge in [0.2, 0.25) is 6.29 Å². The number of para-hydroxylation sites is 4. The minimum absolute atomic E-state index is 0.150. The lowest BCUT2D eigenvalue weighted by atomic mass is 9.91. The van der Waals surface area contributed by atoms with Gasteiger partial charge < -0.3 is 14.4 Å². The molecule has 8 heteroatoms. The van der Waals surface area contributed by atoms with E-state index in [1.54, 1.807) is 0 Å². The van der Waals surface area contributed by atoms with Crippen LogP contribution >= 0.6 is 0 Å². The van der Waals surface area contributed by atoms with Crippen molar-refractivity contribution in [2.45, 2.75) is 18.2 Å². The van der Waals surface area contributed by atoms with Crippen molar-refractivity contribution in [2.24, 2.45) is 9.98 Å². The van der Waals surface area contributed by atoms with Crippen molar-refractivity contribution in [3.05, 3.63) is 247 Å². The number of amidine groups is 2. The Morgan fingerprint density at radius 3 is 1.75 bits per heavy atom. The van der Waals surface area contributed by atoms with Crippen LogP contribution in [0.1, 0.15) is 28.9 Å². The highest BCUT2D eigenvalue weighted by molar-refractivity contribution is 6.26. The molecule has 0 saturated heterocycles. The van der Waals surface area contributed by atoms with Gasteiger partial charge >= 0.3 is 0 Å². The summed E-state index contributed by atoms with van der Waals surface area (Å²) in [7, 11) is 2.11. The van der Waals surface area contributed by atoms with Crippen molar-refractivity contribution in [1.82, 2.24) is 23.6 Å². The highest BCUT2D eigenvalue weighted by Crippen LogP contribution is 2.53. The van der Waals surface area contributed by atoms with E-state index in [4.69, 9.17) is 15.0 Å². The van der Waals surface area contributed by atoms with Gasteiger partial charge in [0.05, 0.1) is 44.8 Å². The zero-order valence-electron chi connectivity index (χ0n) is 38.7. The Morgan fingerprint density at radius 1 is 0.451 bits per heavy atom. The van der Waals surface area contributed by atoms with Crippen LogP contribution in [0, 0.1) is 0 Å². The maximum Gasteiger partial charge on any atom is 0.206 e. The van der Waals surface area contributed by atoms with Crippen LogP contribution in [-0.4, -0.2) is 48.3 Å². The molecule has 0 N–H and O–H groups in total. The smallest absolute Gasteiger partial charge is 0.206 e. The van der Waals surface area contributed by atoms with E-state index in [1.807, 2.05) is 12.1 Å². The van der Waals surface area contributed by atoms with E-state index < -0.39 is 6.29 Å². The number of hydrogen-bond donors (Lipinski definition) is 0. The summed E-state index contributed by atoms with van der Waals surface area (Å²) in [6.07, 6.45) is 8.66. The predicted octanol–water partition coefficient (Wildman–Crippen LogP) is 14.4. The molecule has 4 aromatic heterocycles. The standard InChI is InChI=1S/C63H44N8/c1-67-62(41-22-7-3-8-23-41)65-61(40-20-5-2-6-21-40)66-63(67)69-53-33-18-14-29-49(53)57-54(69)39-38-46-43-26-12-16-31-51(43)70(58(46)57)55-34-19-35-56(64-55)71-52-32-17-13-28-45(52)48-37-36-47-44-27-11-15-30-50(44)68(59(47)60(48)71)42-24-9-4-10-25-42/h2-39,44,50,63H,1H3. The number of pyridine rings is 1. The molecule has 3 atom stereocenters. The van der Waals surface area contributed by atoms with Crippen LogP contribution in [0.4, 0.5) is 11.4 Å². The van der Waals surface area contributed by atoms with E-state index in [1.165, 1.54) is 33.1 Å². The summed E-state index contributed by atoms with van der Waals surface area (Å²) in [6.45, 7) is 0. The average Bonchev–Trinajstić information content (AvgIpc) is 4.17. The number of hydrogen-bond acceptors (Lipinski definition) is 5. The normalized spacial score (nSPS) is 17.5. The van der Waals surface area contributed by atoms with Crippen LogP contribution in [0.3, 0.4) is 0 Å². The van der Waals surface area contributed by atoms with Crippen molar-refractivity contribution in [1.29, 1.82) is 0 Å². The van der Waals surface area contributed by atoms with Gasteiger partial charge in [-0.15, -0.1) is 0 Å². The number of nitrogens with zero attached hydrogens (tertiary/aromatic N) is 8. The molecule has 0 fully saturated rings. The number of aliphatic imine (C=N–C) groups is 2. The molecule has 12 aromatic rings. The molecule has 0 radical (unpaired) electrons. The van der Waals surface area contributed by atoms with Crippen molar-refractivity contribution >= 4 is 88.5 Å². The highest BCUT2D eigenvalue weighted by atomic mass is 15.4. The first-order valence-corrected chi connectivity index (χ1v) is 24.4. The number of aromatic nitrogens is 4. The Kier molecular flexibility index (Phi) is 8.59. The third-order valence-electron chi connectivity index (χ3n) is 15.0. The SMILES string of the molecule is CN1C(c2ccccc2)=NC(c2ccccc2)=NC1n1c2ccccc2c2c3c(ccc21)c1ccccc1n3-c1cccc(-n2c3ccccc3c3ccc4c(c32)N(c2ccccc2)C2C=CC=CC42)n1. The van der Waals surface area contributed by atoms with E-state index >= 15 is 0 Å². The summed E-state index contributed by atoms with van der Waals surface area (Å²) in [6, 6.07) is 73.9. The van der Waals surface area contributed by atoms with Gasteiger partial charge in [0.25, 0.3) is 0 Å². The van der Waals surface area contributed by atoms with Gasteiger partial charge in [-0.2, -0.15) is 0 Å². The van der Waals surface area contributed by atoms with Crippen LogP contribution in [0.2, 0.25) is 0 Å². The molecule has 0 bridgehead atoms. The molecule has 15 rings (SSSR count). The van der Waals surface area contributed by atoms with Crippen LogP contribution in [-0.2, 0) is 0 Å². The lowest BCUT2D eigenvalue weighted by Crippen LogP contribution is -2.38. The van der Waals surface area contributed by atoms with Gasteiger partial charge in [-0.1, -0.05) is 182 Å². The first kappa shape index (κ1) is 39.7. The third kappa shape index (κ3) is 5.76. The molecule has 336 valence electrons. The van der Waals surface area contributed by atoms with Crippen molar-refractivity contribution in [3.63, 3.8) is 0 Å². The van der Waals surface area contributed by atoms with Gasteiger partial charge in [0.15, 0.2) is 5.84 Å². The summed E-state index contributed by atoms with van der Waals surface area (Å²) in [4.78, 5) is 21.3. The van der Waals surface area contributed by atoms with Gasteiger partial charge in [0.1, 0.15) is 17.5 Å². The van der Waals surface area contributed by atoms with Crippen LogP contribution < -0.4 is 4.90 Å². The zero-order chi connectivity index (χ0) is 46.7. The van der Waals surface area contributed by atoms with Crippen LogP contribution in [0.5, 0.6) is 0 Å². The summed E-state index contributed by atoms with van der Waals surface area (Å²) in [5, 5.41) is 7.03. The summed E-state index contributed by atoms with van der Waals surface area (Å²) in [5.41, 5.74) is 12.4. The molecule has 0 saturated carbocycles. The maximum atomic E-state index is 5.78. The summed E-state index contributed by atoms with van der Waals surface area (Å²) in [5.74, 6) is 3.48. The molecule has 8 nitrogen and oxygen atoms in total. The van der Waals surface area contributed by atoms with E-state index in [0.717, 1.165) is 77.9 Å². The monoisotopic (exact) mass is 912 g/mol. The van der Waals surface area contributed by atoms with E-state index in [0.29, 0.717) is 5.84 Å². The fraction of sp³-hybridized carbons (Fsp3) is 0.0635. The molecule has 0 amide bonds. The Labute approximate surface area is 409 Å². The first-order chi connectivity index (χ1) is 35.2. The first-order valence-electron chi connectivity index (χ1n) is 24.4. The molecule has 8 aromatic carbocycles. The fourth-order valence-corrected chi connectivity index (χ4v) is 12.0. The number of rotatable bonds is 6. The molecule has 2 aliphatic heterocycles. The van der Waals surface area contributed by atoms with Gasteiger partial charge in [-0.3, -0.25) is 9.13 Å². The summed E-state index contributed by atoms with van der Waals surface area (Å²) < 4.78 is 7.21. The second kappa shape index (κ2) is 15.4. The largest absolute Gasteiger partial charge is 0.332 e. The second-order valence-corrected chi connectivity index (χ2v) is 18.8. The summed E-state index contributed by atoms with van der Waals surface area (Å²) >= 11 is 0. The topological polar surface area (TPSA) is 58.9 Å². The lowest BCUT2D eigenvalue weighted by Gasteiger charge is -2.33. The van der Waals surface area contributed by atoms with E-state index in [-0.39, 0.29) is 12.0 Å². The number of fused-ring (bicyclic) bond motifs is 14. The quantitative estimate of drug-likeness (QED) is 0.167. The van der Waals surface area contributed by atoms with E-state index in [2.05, 4.69) is 249 Å². The number of allylic oxidation sites excluding steroid dienone is 2. The molecule has 6 heterocycles.